The van der Waals surface area contributed by atoms with Crippen LogP contribution in [0.15, 0.2) is 35.5 Å². The van der Waals surface area contributed by atoms with Gasteiger partial charge in [-0.2, -0.15) is 0 Å². The summed E-state index contributed by atoms with van der Waals surface area (Å²) >= 11 is 0. The first-order valence-electron chi connectivity index (χ1n) is 12.0. The second-order valence-electron chi connectivity index (χ2n) is 11.2. The van der Waals surface area contributed by atoms with Crippen LogP contribution in [0.25, 0.3) is 0 Å². The average molecular weight is 415 g/mol. The highest BCUT2D eigenvalue weighted by molar-refractivity contribution is 5.79. The van der Waals surface area contributed by atoms with E-state index in [0.29, 0.717) is 24.2 Å². The van der Waals surface area contributed by atoms with Crippen molar-refractivity contribution < 1.29 is 15.0 Å². The molecule has 3 nitrogen and oxygen atoms in total. The second-order valence-corrected chi connectivity index (χ2v) is 11.2. The first-order chi connectivity index (χ1) is 14.0. The predicted octanol–water partition coefficient (Wildman–Crippen LogP) is 5.91. The van der Waals surface area contributed by atoms with Crippen LogP contribution in [0.2, 0.25) is 0 Å². The molecule has 3 rings (SSSR count). The highest BCUT2D eigenvalue weighted by Gasteiger charge is 2.50. The van der Waals surface area contributed by atoms with Crippen LogP contribution in [0.5, 0.6) is 0 Å². The number of aliphatic hydroxyl groups is 2. The summed E-state index contributed by atoms with van der Waals surface area (Å²) in [5, 5.41) is 20.0. The minimum absolute atomic E-state index is 0.188. The highest BCUT2D eigenvalue weighted by Crippen LogP contribution is 2.59. The molecule has 0 saturated heterocycles. The van der Waals surface area contributed by atoms with Gasteiger partial charge in [0.25, 0.3) is 0 Å². The Morgan fingerprint density at radius 3 is 2.70 bits per heavy atom. The van der Waals surface area contributed by atoms with Crippen LogP contribution >= 0.6 is 0 Å². The van der Waals surface area contributed by atoms with Gasteiger partial charge in [-0.1, -0.05) is 43.7 Å². The van der Waals surface area contributed by atoms with Crippen molar-refractivity contribution in [3.8, 4) is 0 Å². The van der Waals surface area contributed by atoms with Gasteiger partial charge in [-0.15, -0.1) is 0 Å². The molecule has 0 aromatic heterocycles. The third-order valence-corrected chi connectivity index (χ3v) is 8.09. The van der Waals surface area contributed by atoms with E-state index in [1.54, 1.807) is 19.4 Å². The lowest BCUT2D eigenvalue weighted by Gasteiger charge is -2.44. The van der Waals surface area contributed by atoms with Gasteiger partial charge in [0, 0.05) is 12.8 Å². The maximum Gasteiger partial charge on any atom is 0.136 e. The number of hydrogen-bond donors (Lipinski definition) is 2. The molecule has 168 valence electrons. The van der Waals surface area contributed by atoms with Crippen molar-refractivity contribution in [2.45, 2.75) is 104 Å². The Labute approximate surface area is 183 Å². The number of carbonyl (C=O) groups is 1. The number of hydrogen-bond acceptors (Lipinski definition) is 3. The molecule has 0 heterocycles. The average Bonchev–Trinajstić information content (AvgIpc) is 2.98. The fourth-order valence-corrected chi connectivity index (χ4v) is 6.67. The molecule has 0 aliphatic heterocycles. The smallest absolute Gasteiger partial charge is 0.136 e. The van der Waals surface area contributed by atoms with Crippen LogP contribution in [0, 0.1) is 23.2 Å². The normalized spacial score (nSPS) is 36.2. The molecule has 2 N–H and O–H groups in total. The molecule has 0 aromatic carbocycles. The fourth-order valence-electron chi connectivity index (χ4n) is 6.67. The Bertz CT molecular complexity index is 723. The lowest BCUT2D eigenvalue weighted by atomic mass is 9.60. The van der Waals surface area contributed by atoms with Crippen molar-refractivity contribution in [2.75, 3.05) is 0 Å². The van der Waals surface area contributed by atoms with E-state index in [1.807, 2.05) is 0 Å². The van der Waals surface area contributed by atoms with E-state index >= 15 is 0 Å². The molecule has 3 aliphatic rings. The monoisotopic (exact) mass is 414 g/mol. The highest BCUT2D eigenvalue weighted by atomic mass is 16.3. The second kappa shape index (κ2) is 9.12. The number of rotatable bonds is 6. The molecular formula is C27H42O3. The van der Waals surface area contributed by atoms with Gasteiger partial charge >= 0.3 is 0 Å². The molecule has 0 spiro atoms. The standard InChI is InChI=1S/C27H42O3/c1-18-8-11-22(28)16-21(18)10-9-20-7-6-14-27(5)24(12-13-25(20)27)19(2)15-23(29)17-26(3,4)30/h9-10,19,22,24-25,28,30H,1,6-8,11-17H2,2-5H3/b20-9+,21-10-/t19-,22+,24-,25+,27-/m1/s1. The minimum atomic E-state index is -0.913. The van der Waals surface area contributed by atoms with E-state index in [1.165, 1.54) is 36.8 Å². The number of ketones is 1. The maximum absolute atomic E-state index is 12.5. The molecule has 0 unspecified atom stereocenters. The summed E-state index contributed by atoms with van der Waals surface area (Å²) in [5.41, 5.74) is 3.30. The summed E-state index contributed by atoms with van der Waals surface area (Å²) < 4.78 is 0. The SMILES string of the molecule is C=C1CC[C@H](O)C/C1=C/C=C1\CCC[C@]2(C)[C@@H]([C@H](C)CC(=O)CC(C)(C)O)CC[C@@H]12. The van der Waals surface area contributed by atoms with E-state index in [9.17, 15) is 15.0 Å². The van der Waals surface area contributed by atoms with Gasteiger partial charge in [0.1, 0.15) is 5.78 Å². The van der Waals surface area contributed by atoms with Crippen molar-refractivity contribution in [1.29, 1.82) is 0 Å². The van der Waals surface area contributed by atoms with Crippen LogP contribution in [-0.4, -0.2) is 27.7 Å². The summed E-state index contributed by atoms with van der Waals surface area (Å²) in [6, 6.07) is 0. The first kappa shape index (κ1) is 23.5. The van der Waals surface area contributed by atoms with Crippen LogP contribution in [-0.2, 0) is 4.79 Å². The van der Waals surface area contributed by atoms with E-state index in [-0.39, 0.29) is 23.7 Å². The fraction of sp³-hybridized carbons (Fsp3) is 0.741. The van der Waals surface area contributed by atoms with E-state index in [4.69, 9.17) is 0 Å². The largest absolute Gasteiger partial charge is 0.393 e. The number of aliphatic hydroxyl groups excluding tert-OH is 1. The van der Waals surface area contributed by atoms with Crippen LogP contribution in [0.4, 0.5) is 0 Å². The quantitative estimate of drug-likeness (QED) is 0.568. The van der Waals surface area contributed by atoms with Crippen molar-refractivity contribution in [3.63, 3.8) is 0 Å². The molecule has 0 amide bonds. The van der Waals surface area contributed by atoms with Crippen molar-refractivity contribution in [2.24, 2.45) is 23.2 Å². The molecule has 3 fully saturated rings. The van der Waals surface area contributed by atoms with Crippen molar-refractivity contribution in [1.82, 2.24) is 0 Å². The Balaban J connectivity index is 1.72. The summed E-state index contributed by atoms with van der Waals surface area (Å²) in [5.74, 6) is 1.71. The van der Waals surface area contributed by atoms with Crippen molar-refractivity contribution in [3.05, 3.63) is 35.5 Å². The summed E-state index contributed by atoms with van der Waals surface area (Å²) in [7, 11) is 0. The Kier molecular flexibility index (Phi) is 7.14. The van der Waals surface area contributed by atoms with Gasteiger partial charge in [0.05, 0.1) is 11.7 Å². The zero-order valence-corrected chi connectivity index (χ0v) is 19.5. The van der Waals surface area contributed by atoms with Gasteiger partial charge in [-0.05, 0) is 94.0 Å². The van der Waals surface area contributed by atoms with Gasteiger partial charge in [-0.3, -0.25) is 4.79 Å². The lowest BCUT2D eigenvalue weighted by Crippen LogP contribution is -2.36. The van der Waals surface area contributed by atoms with Crippen LogP contribution in [0.3, 0.4) is 0 Å². The molecule has 0 radical (unpaired) electrons. The maximum atomic E-state index is 12.5. The molecule has 0 bridgehead atoms. The predicted molar refractivity (Wildman–Crippen MR) is 123 cm³/mol. The number of Topliss-reactive ketones (excluding diaryl/α,β-unsaturated/α-hetero) is 1. The van der Waals surface area contributed by atoms with E-state index in [0.717, 1.165) is 25.7 Å². The number of allylic oxidation sites excluding steroid dienone is 4. The van der Waals surface area contributed by atoms with Crippen LogP contribution in [0.1, 0.15) is 91.9 Å². The first-order valence-corrected chi connectivity index (χ1v) is 12.0. The van der Waals surface area contributed by atoms with Gasteiger partial charge in [-0.25, -0.2) is 0 Å². The van der Waals surface area contributed by atoms with Gasteiger partial charge < -0.3 is 10.2 Å². The zero-order chi connectivity index (χ0) is 22.1. The molecule has 30 heavy (non-hydrogen) atoms. The molecule has 0 aromatic rings. The van der Waals surface area contributed by atoms with E-state index < -0.39 is 5.60 Å². The Morgan fingerprint density at radius 2 is 2.00 bits per heavy atom. The number of fused-ring (bicyclic) bond motifs is 1. The van der Waals surface area contributed by atoms with Gasteiger partial charge in [0.15, 0.2) is 0 Å². The molecule has 3 aliphatic carbocycles. The van der Waals surface area contributed by atoms with Crippen molar-refractivity contribution >= 4 is 5.78 Å². The molecule has 5 atom stereocenters. The Hall–Kier alpha value is -1.19. The van der Waals surface area contributed by atoms with Crippen LogP contribution < -0.4 is 0 Å². The summed E-state index contributed by atoms with van der Waals surface area (Å²) in [6.45, 7) is 12.3. The lowest BCUT2D eigenvalue weighted by molar-refractivity contribution is -0.124. The topological polar surface area (TPSA) is 57.5 Å². The summed E-state index contributed by atoms with van der Waals surface area (Å²) in [4.78, 5) is 12.5. The number of carbonyl (C=O) groups excluding carboxylic acids is 1. The third-order valence-electron chi connectivity index (χ3n) is 8.09. The van der Waals surface area contributed by atoms with E-state index in [2.05, 4.69) is 32.6 Å². The molecule has 3 heteroatoms. The molecule has 3 saturated carbocycles. The zero-order valence-electron chi connectivity index (χ0n) is 19.5. The minimum Gasteiger partial charge on any atom is -0.393 e. The van der Waals surface area contributed by atoms with Gasteiger partial charge in [0.2, 0.25) is 0 Å². The third kappa shape index (κ3) is 5.34. The molecular weight excluding hydrogens is 372 g/mol. The summed E-state index contributed by atoms with van der Waals surface area (Å²) in [6.07, 6.45) is 13.7. The Morgan fingerprint density at radius 1 is 1.27 bits per heavy atom.